The molecule has 1 aliphatic carbocycles. The predicted molar refractivity (Wildman–Crippen MR) is 83.3 cm³/mol. The maximum atomic E-state index is 5.40. The van der Waals surface area contributed by atoms with Crippen LogP contribution in [-0.2, 0) is 4.74 Å². The van der Waals surface area contributed by atoms with Crippen molar-refractivity contribution in [2.45, 2.75) is 40.5 Å². The summed E-state index contributed by atoms with van der Waals surface area (Å²) in [6, 6.07) is 0. The molecule has 0 fully saturated rings. The Morgan fingerprint density at radius 1 is 1.42 bits per heavy atom. The van der Waals surface area contributed by atoms with Crippen LogP contribution in [0.4, 0.5) is 0 Å². The molecule has 104 valence electrons. The maximum absolute atomic E-state index is 5.40. The molecule has 0 amide bonds. The van der Waals surface area contributed by atoms with Crippen molar-refractivity contribution >= 4 is 5.90 Å². The third-order valence-corrected chi connectivity index (χ3v) is 3.20. The molecule has 0 heterocycles. The molecule has 1 atom stereocenters. The molecular weight excluding hydrogens is 234 g/mol. The number of hydrogen-bond donors (Lipinski definition) is 0. The summed E-state index contributed by atoms with van der Waals surface area (Å²) in [7, 11) is 1.67. The zero-order valence-corrected chi connectivity index (χ0v) is 12.7. The summed E-state index contributed by atoms with van der Waals surface area (Å²) in [4.78, 5) is 4.54. The molecule has 0 aromatic rings. The normalized spacial score (nSPS) is 21.4. The van der Waals surface area contributed by atoms with Gasteiger partial charge in [0.15, 0.2) is 0 Å². The minimum atomic E-state index is 0.605. The molecular formula is C17H25NO. The molecule has 0 aromatic carbocycles. The summed E-state index contributed by atoms with van der Waals surface area (Å²) in [5.74, 6) is 1.30. The van der Waals surface area contributed by atoms with E-state index in [0.717, 1.165) is 24.1 Å². The third kappa shape index (κ3) is 5.29. The maximum Gasteiger partial charge on any atom is 0.220 e. The van der Waals surface area contributed by atoms with Gasteiger partial charge in [-0.1, -0.05) is 43.7 Å². The molecule has 0 spiro atoms. The van der Waals surface area contributed by atoms with Gasteiger partial charge in [-0.3, -0.25) is 0 Å². The summed E-state index contributed by atoms with van der Waals surface area (Å²) < 4.78 is 5.40. The van der Waals surface area contributed by atoms with E-state index in [1.807, 2.05) is 13.0 Å². The standard InChI is InChI=1S/C17H25NO/c1-6-13(2)7-10-15(4)18-17(19-5)16-11-8-14(3)9-12-16/h7-8,10-12,14H,6,9H2,1-5H3/b13-7+,15-10+,18-17?/t14-/m1/s1. The quantitative estimate of drug-likeness (QED) is 0.403. The van der Waals surface area contributed by atoms with Gasteiger partial charge in [0.2, 0.25) is 5.90 Å². The fraction of sp³-hybridized carbons (Fsp3) is 0.471. The molecule has 0 aliphatic heterocycles. The first-order valence-corrected chi connectivity index (χ1v) is 6.92. The van der Waals surface area contributed by atoms with Gasteiger partial charge in [-0.2, -0.15) is 0 Å². The molecule has 0 unspecified atom stereocenters. The van der Waals surface area contributed by atoms with E-state index in [9.17, 15) is 0 Å². The van der Waals surface area contributed by atoms with Crippen LogP contribution in [0.25, 0.3) is 0 Å². The summed E-state index contributed by atoms with van der Waals surface area (Å²) in [5.41, 5.74) is 3.38. The number of allylic oxidation sites excluding steroid dienone is 6. The zero-order valence-electron chi connectivity index (χ0n) is 12.7. The Bertz CT molecular complexity index is 450. The van der Waals surface area contributed by atoms with E-state index >= 15 is 0 Å². The van der Waals surface area contributed by atoms with Crippen molar-refractivity contribution < 1.29 is 4.74 Å². The molecule has 0 saturated heterocycles. The molecule has 2 heteroatoms. The lowest BCUT2D eigenvalue weighted by molar-refractivity contribution is 0.403. The van der Waals surface area contributed by atoms with Gasteiger partial charge < -0.3 is 4.74 Å². The second kappa shape index (κ2) is 7.78. The van der Waals surface area contributed by atoms with Crippen molar-refractivity contribution in [2.75, 3.05) is 7.11 Å². The van der Waals surface area contributed by atoms with E-state index < -0.39 is 0 Å². The van der Waals surface area contributed by atoms with Gasteiger partial charge in [-0.25, -0.2) is 4.99 Å². The number of hydrogen-bond acceptors (Lipinski definition) is 2. The Hall–Kier alpha value is -1.57. The first-order chi connectivity index (χ1) is 9.06. The molecule has 2 nitrogen and oxygen atoms in total. The highest BCUT2D eigenvalue weighted by Gasteiger charge is 2.09. The van der Waals surface area contributed by atoms with Crippen molar-refractivity contribution in [1.82, 2.24) is 0 Å². The van der Waals surface area contributed by atoms with Crippen LogP contribution in [0.15, 0.2) is 52.2 Å². The van der Waals surface area contributed by atoms with E-state index in [-0.39, 0.29) is 0 Å². The number of nitrogens with zero attached hydrogens (tertiary/aromatic N) is 1. The van der Waals surface area contributed by atoms with Gasteiger partial charge in [0, 0.05) is 11.3 Å². The van der Waals surface area contributed by atoms with Crippen LogP contribution < -0.4 is 0 Å². The zero-order chi connectivity index (χ0) is 14.3. The van der Waals surface area contributed by atoms with E-state index in [1.54, 1.807) is 7.11 Å². The second-order valence-electron chi connectivity index (χ2n) is 5.03. The fourth-order valence-electron chi connectivity index (χ4n) is 1.69. The minimum absolute atomic E-state index is 0.605. The lowest BCUT2D eigenvalue weighted by Crippen LogP contribution is -2.07. The van der Waals surface area contributed by atoms with Gasteiger partial charge in [-0.15, -0.1) is 0 Å². The van der Waals surface area contributed by atoms with E-state index in [0.29, 0.717) is 11.8 Å². The van der Waals surface area contributed by atoms with Gasteiger partial charge >= 0.3 is 0 Å². The van der Waals surface area contributed by atoms with Crippen molar-refractivity contribution in [1.29, 1.82) is 0 Å². The van der Waals surface area contributed by atoms with Crippen LogP contribution >= 0.6 is 0 Å². The number of aliphatic imine (C=N–C) groups is 1. The van der Waals surface area contributed by atoms with E-state index in [2.05, 4.69) is 50.1 Å². The van der Waals surface area contributed by atoms with Gasteiger partial charge in [0.25, 0.3) is 0 Å². The van der Waals surface area contributed by atoms with Crippen molar-refractivity contribution in [3.63, 3.8) is 0 Å². The second-order valence-corrected chi connectivity index (χ2v) is 5.03. The highest BCUT2D eigenvalue weighted by atomic mass is 16.5. The Morgan fingerprint density at radius 3 is 2.68 bits per heavy atom. The average molecular weight is 259 g/mol. The van der Waals surface area contributed by atoms with Gasteiger partial charge in [0.05, 0.1) is 7.11 Å². The summed E-state index contributed by atoms with van der Waals surface area (Å²) in [6.45, 7) is 8.47. The lowest BCUT2D eigenvalue weighted by Gasteiger charge is -2.12. The highest BCUT2D eigenvalue weighted by Crippen LogP contribution is 2.17. The number of rotatable bonds is 4. The molecule has 0 saturated carbocycles. The van der Waals surface area contributed by atoms with Gasteiger partial charge in [-0.05, 0) is 38.7 Å². The van der Waals surface area contributed by atoms with E-state index in [4.69, 9.17) is 4.74 Å². The largest absolute Gasteiger partial charge is 0.481 e. The van der Waals surface area contributed by atoms with Crippen molar-refractivity contribution in [2.24, 2.45) is 10.9 Å². The van der Waals surface area contributed by atoms with Gasteiger partial charge in [0.1, 0.15) is 0 Å². The number of ether oxygens (including phenoxy) is 1. The summed E-state index contributed by atoms with van der Waals surface area (Å²) >= 11 is 0. The molecule has 0 aromatic heterocycles. The number of methoxy groups -OCH3 is 1. The highest BCUT2D eigenvalue weighted by molar-refractivity contribution is 5.97. The summed E-state index contributed by atoms with van der Waals surface area (Å²) in [5, 5.41) is 0. The fourth-order valence-corrected chi connectivity index (χ4v) is 1.69. The monoisotopic (exact) mass is 259 g/mol. The molecule has 1 rings (SSSR count). The SMILES string of the molecule is CC/C(C)=C/C=C(\C)N=C(OC)C1=CC[C@H](C)C=C1. The molecule has 0 radical (unpaired) electrons. The molecule has 0 bridgehead atoms. The van der Waals surface area contributed by atoms with Crippen LogP contribution in [0.5, 0.6) is 0 Å². The molecule has 19 heavy (non-hydrogen) atoms. The van der Waals surface area contributed by atoms with Crippen LogP contribution in [0.1, 0.15) is 40.5 Å². The van der Waals surface area contributed by atoms with Crippen LogP contribution in [-0.4, -0.2) is 13.0 Å². The third-order valence-electron chi connectivity index (χ3n) is 3.20. The predicted octanol–water partition coefficient (Wildman–Crippen LogP) is 4.81. The average Bonchev–Trinajstić information content (AvgIpc) is 2.43. The molecule has 1 aliphatic rings. The Morgan fingerprint density at radius 2 is 2.16 bits per heavy atom. The first-order valence-electron chi connectivity index (χ1n) is 6.92. The minimum Gasteiger partial charge on any atom is -0.481 e. The summed E-state index contributed by atoms with van der Waals surface area (Å²) in [6.07, 6.45) is 12.7. The van der Waals surface area contributed by atoms with Crippen LogP contribution in [0, 0.1) is 5.92 Å². The topological polar surface area (TPSA) is 21.6 Å². The Labute approximate surface area is 117 Å². The van der Waals surface area contributed by atoms with Crippen molar-refractivity contribution in [3.8, 4) is 0 Å². The first kappa shape index (κ1) is 15.5. The Kier molecular flexibility index (Phi) is 6.34. The lowest BCUT2D eigenvalue weighted by atomic mass is 9.98. The van der Waals surface area contributed by atoms with Crippen LogP contribution in [0.2, 0.25) is 0 Å². The van der Waals surface area contributed by atoms with E-state index in [1.165, 1.54) is 5.57 Å². The molecule has 0 N–H and O–H groups in total. The van der Waals surface area contributed by atoms with Crippen molar-refractivity contribution in [3.05, 3.63) is 47.2 Å². The smallest absolute Gasteiger partial charge is 0.220 e. The Balaban J connectivity index is 2.85. The van der Waals surface area contributed by atoms with Crippen LogP contribution in [0.3, 0.4) is 0 Å².